The fourth-order valence-corrected chi connectivity index (χ4v) is 4.17. The van der Waals surface area contributed by atoms with Crippen molar-refractivity contribution in [3.05, 3.63) is 53.6 Å². The largest absolute Gasteiger partial charge is 0.133 e. The van der Waals surface area contributed by atoms with Crippen LogP contribution in [0.5, 0.6) is 0 Å². The third-order valence-electron chi connectivity index (χ3n) is 2.44. The van der Waals surface area contributed by atoms with Gasteiger partial charge < -0.3 is 0 Å². The van der Waals surface area contributed by atoms with E-state index < -0.39 is 0 Å². The molecule has 0 bridgehead atoms. The molecule has 0 aliphatic rings. The number of benzene rings is 1. The second kappa shape index (κ2) is 5.62. The minimum atomic E-state index is -0.164. The van der Waals surface area contributed by atoms with Gasteiger partial charge in [-0.2, -0.15) is 0 Å². The van der Waals surface area contributed by atoms with Gasteiger partial charge in [0.05, 0.1) is 14.2 Å². The zero-order chi connectivity index (χ0) is 12.6. The lowest BCUT2D eigenvalue weighted by Crippen LogP contribution is -1.93. The molecule has 0 nitrogen and oxygen atoms in total. The average Bonchev–Trinajstić information content (AvgIpc) is 2.61. The number of rotatable bonds is 2. The van der Waals surface area contributed by atoms with Crippen molar-refractivity contribution in [2.45, 2.75) is 12.3 Å². The van der Waals surface area contributed by atoms with Crippen LogP contribution in [0.25, 0.3) is 0 Å². The van der Waals surface area contributed by atoms with Crippen molar-refractivity contribution in [2.75, 3.05) is 0 Å². The molecule has 0 aliphatic carbocycles. The van der Waals surface area contributed by atoms with Crippen LogP contribution in [-0.4, -0.2) is 0 Å². The van der Waals surface area contributed by atoms with Crippen molar-refractivity contribution >= 4 is 66.4 Å². The molecule has 0 aliphatic heterocycles. The molecular weight excluding hydrogens is 407 g/mol. The summed E-state index contributed by atoms with van der Waals surface area (Å²) < 4.78 is 1.98. The van der Waals surface area contributed by atoms with Gasteiger partial charge in [-0.1, -0.05) is 17.7 Å². The van der Waals surface area contributed by atoms with Gasteiger partial charge in [0.15, 0.2) is 0 Å². The highest BCUT2D eigenvalue weighted by atomic mass is 79.9. The third kappa shape index (κ3) is 3.07. The summed E-state index contributed by atoms with van der Waals surface area (Å²) in [6, 6.07) is 7.87. The molecule has 0 saturated carbocycles. The van der Waals surface area contributed by atoms with Crippen molar-refractivity contribution in [1.29, 1.82) is 0 Å². The Labute approximate surface area is 131 Å². The molecule has 0 N–H and O–H groups in total. The number of hydrogen-bond acceptors (Lipinski definition) is 1. The first-order valence-electron chi connectivity index (χ1n) is 4.84. The van der Waals surface area contributed by atoms with Crippen LogP contribution >= 0.6 is 66.4 Å². The van der Waals surface area contributed by atoms with E-state index in [2.05, 4.69) is 44.8 Å². The monoisotopic (exact) mass is 412 g/mol. The molecule has 1 aromatic heterocycles. The van der Waals surface area contributed by atoms with Gasteiger partial charge in [-0.15, -0.1) is 22.9 Å². The van der Waals surface area contributed by atoms with Crippen LogP contribution in [-0.2, 0) is 0 Å². The lowest BCUT2D eigenvalue weighted by atomic mass is 10.1. The SMILES string of the molecule is Cc1sc(Br)cc1C(Cl)c1ccc(Br)c(Cl)c1. The van der Waals surface area contributed by atoms with E-state index >= 15 is 0 Å². The second-order valence-electron chi connectivity index (χ2n) is 3.60. The standard InChI is InChI=1S/C12H8Br2Cl2S/c1-6-8(5-11(14)17-6)12(16)7-2-3-9(13)10(15)4-7/h2-5,12H,1H3. The van der Waals surface area contributed by atoms with Crippen LogP contribution in [0.3, 0.4) is 0 Å². The summed E-state index contributed by atoms with van der Waals surface area (Å²) in [5.74, 6) is 0. The summed E-state index contributed by atoms with van der Waals surface area (Å²) in [7, 11) is 0. The Kier molecular flexibility index (Phi) is 4.59. The van der Waals surface area contributed by atoms with Gasteiger partial charge in [-0.05, 0) is 68.1 Å². The number of hydrogen-bond donors (Lipinski definition) is 0. The molecule has 2 aromatic rings. The highest BCUT2D eigenvalue weighted by Gasteiger charge is 2.16. The Hall–Kier alpha value is 0.460. The van der Waals surface area contributed by atoms with Crippen LogP contribution in [0.2, 0.25) is 5.02 Å². The Morgan fingerprint density at radius 1 is 1.24 bits per heavy atom. The minimum absolute atomic E-state index is 0.164. The van der Waals surface area contributed by atoms with E-state index in [1.165, 1.54) is 4.88 Å². The molecule has 2 rings (SSSR count). The van der Waals surface area contributed by atoms with Gasteiger partial charge >= 0.3 is 0 Å². The molecule has 1 atom stereocenters. The van der Waals surface area contributed by atoms with Crippen LogP contribution in [0.15, 0.2) is 32.5 Å². The summed E-state index contributed by atoms with van der Waals surface area (Å²) in [6.45, 7) is 2.07. The van der Waals surface area contributed by atoms with Gasteiger partial charge in [0.2, 0.25) is 0 Å². The van der Waals surface area contributed by atoms with E-state index in [9.17, 15) is 0 Å². The summed E-state index contributed by atoms with van der Waals surface area (Å²) in [6.07, 6.45) is 0. The maximum Gasteiger partial charge on any atom is 0.0846 e. The van der Waals surface area contributed by atoms with E-state index in [0.717, 1.165) is 19.4 Å². The molecule has 17 heavy (non-hydrogen) atoms. The molecule has 1 aromatic carbocycles. The number of halogens is 4. The van der Waals surface area contributed by atoms with E-state index in [4.69, 9.17) is 23.2 Å². The summed E-state index contributed by atoms with van der Waals surface area (Å²) in [5, 5.41) is 0.517. The van der Waals surface area contributed by atoms with Crippen molar-refractivity contribution in [3.8, 4) is 0 Å². The maximum absolute atomic E-state index is 6.49. The fourth-order valence-electron chi connectivity index (χ4n) is 1.56. The molecule has 0 amide bonds. The van der Waals surface area contributed by atoms with Gasteiger partial charge in [0.25, 0.3) is 0 Å². The Bertz CT molecular complexity index is 551. The van der Waals surface area contributed by atoms with Crippen LogP contribution < -0.4 is 0 Å². The number of aryl methyl sites for hydroxylation is 1. The fraction of sp³-hybridized carbons (Fsp3) is 0.167. The maximum atomic E-state index is 6.49. The first-order valence-corrected chi connectivity index (χ1v) is 8.05. The van der Waals surface area contributed by atoms with E-state index in [0.29, 0.717) is 5.02 Å². The molecule has 0 saturated heterocycles. The average molecular weight is 415 g/mol. The predicted octanol–water partition coefficient (Wildman–Crippen LogP) is 6.56. The van der Waals surface area contributed by atoms with Crippen molar-refractivity contribution < 1.29 is 0 Å². The zero-order valence-corrected chi connectivity index (χ0v) is 14.3. The predicted molar refractivity (Wildman–Crippen MR) is 83.6 cm³/mol. The van der Waals surface area contributed by atoms with E-state index in [1.54, 1.807) is 11.3 Å². The van der Waals surface area contributed by atoms with Gasteiger partial charge in [-0.25, -0.2) is 0 Å². The Balaban J connectivity index is 2.40. The molecule has 1 heterocycles. The first-order chi connectivity index (χ1) is 7.99. The summed E-state index contributed by atoms with van der Waals surface area (Å²) >= 11 is 21.1. The summed E-state index contributed by atoms with van der Waals surface area (Å²) in [4.78, 5) is 1.22. The molecule has 0 radical (unpaired) electrons. The van der Waals surface area contributed by atoms with Gasteiger partial charge in [0.1, 0.15) is 0 Å². The first kappa shape index (κ1) is 13.9. The quantitative estimate of drug-likeness (QED) is 0.488. The van der Waals surface area contributed by atoms with E-state index in [-0.39, 0.29) is 5.38 Å². The van der Waals surface area contributed by atoms with Gasteiger partial charge in [0, 0.05) is 9.35 Å². The van der Waals surface area contributed by atoms with Crippen molar-refractivity contribution in [3.63, 3.8) is 0 Å². The molecule has 0 fully saturated rings. The molecule has 5 heteroatoms. The normalized spacial score (nSPS) is 12.8. The minimum Gasteiger partial charge on any atom is -0.133 e. The smallest absolute Gasteiger partial charge is 0.0846 e. The van der Waals surface area contributed by atoms with Crippen LogP contribution in [0.4, 0.5) is 0 Å². The Morgan fingerprint density at radius 3 is 2.47 bits per heavy atom. The molecule has 90 valence electrons. The Morgan fingerprint density at radius 2 is 1.94 bits per heavy atom. The number of alkyl halides is 1. The van der Waals surface area contributed by atoms with Crippen molar-refractivity contribution in [1.82, 2.24) is 0 Å². The van der Waals surface area contributed by atoms with Crippen molar-refractivity contribution in [2.24, 2.45) is 0 Å². The zero-order valence-electron chi connectivity index (χ0n) is 8.81. The highest BCUT2D eigenvalue weighted by Crippen LogP contribution is 2.38. The third-order valence-corrected chi connectivity index (χ3v) is 5.72. The summed E-state index contributed by atoms with van der Waals surface area (Å²) in [5.41, 5.74) is 2.13. The lowest BCUT2D eigenvalue weighted by Gasteiger charge is -2.10. The molecule has 1 unspecified atom stereocenters. The number of thiophene rings is 1. The molecule has 0 spiro atoms. The topological polar surface area (TPSA) is 0 Å². The second-order valence-corrected chi connectivity index (χ2v) is 7.93. The molecular formula is C12H8Br2Cl2S. The lowest BCUT2D eigenvalue weighted by molar-refractivity contribution is 1.13. The highest BCUT2D eigenvalue weighted by molar-refractivity contribution is 9.11. The van der Waals surface area contributed by atoms with Crippen LogP contribution in [0, 0.1) is 6.92 Å². The van der Waals surface area contributed by atoms with Gasteiger partial charge in [-0.3, -0.25) is 0 Å². The van der Waals surface area contributed by atoms with E-state index in [1.807, 2.05) is 18.2 Å². The van der Waals surface area contributed by atoms with Crippen LogP contribution in [0.1, 0.15) is 21.4 Å².